The molecular weight excluding hydrogens is 1300 g/mol. The number of carboxylic acids is 1. The third kappa shape index (κ3) is 23.7. The van der Waals surface area contributed by atoms with Gasteiger partial charge in [-0.25, -0.2) is 32.9 Å². The van der Waals surface area contributed by atoms with Crippen molar-refractivity contribution in [2.75, 3.05) is 16.8 Å². The van der Waals surface area contributed by atoms with E-state index in [1.54, 1.807) is 80.2 Å². The molecular formula is C56H54BBrCl6F3N8O8P. The van der Waals surface area contributed by atoms with E-state index in [2.05, 4.69) is 69.9 Å². The molecule has 0 radical (unpaired) electrons. The molecule has 0 unspecified atom stereocenters. The van der Waals surface area contributed by atoms with Gasteiger partial charge in [0, 0.05) is 68.0 Å². The van der Waals surface area contributed by atoms with E-state index in [4.69, 9.17) is 60.7 Å². The van der Waals surface area contributed by atoms with Gasteiger partial charge in [0.05, 0.1) is 37.4 Å². The number of hydrogen-bond acceptors (Lipinski definition) is 12. The lowest BCUT2D eigenvalue weighted by Gasteiger charge is -2.32. The Kier molecular flexibility index (Phi) is 27.0. The Labute approximate surface area is 520 Å². The third-order valence-corrected chi connectivity index (χ3v) is 13.4. The topological polar surface area (TPSA) is 237 Å². The number of amides is 1. The highest BCUT2D eigenvalue weighted by Gasteiger charge is 2.51. The number of carbonyl (C=O) groups excluding carboxylic acids is 1. The van der Waals surface area contributed by atoms with Gasteiger partial charge < -0.3 is 40.3 Å². The zero-order valence-electron chi connectivity index (χ0n) is 45.5. The molecule has 6 N–H and O–H groups in total. The number of hydrogen-bond donors (Lipinski definition) is 4. The van der Waals surface area contributed by atoms with Crippen LogP contribution in [-0.4, -0.2) is 59.4 Å². The van der Waals surface area contributed by atoms with Crippen molar-refractivity contribution < 1.29 is 41.7 Å². The fourth-order valence-electron chi connectivity index (χ4n) is 6.71. The van der Waals surface area contributed by atoms with Crippen LogP contribution in [0.25, 0.3) is 0 Å². The number of aromatic nitrogens is 5. The number of nitrogens with zero attached hydrogens (tertiary/aromatic N) is 5. The lowest BCUT2D eigenvalue weighted by atomic mass is 9.80. The number of aromatic carboxylic acids is 1. The molecule has 84 heavy (non-hydrogen) atoms. The number of anilines is 3. The largest absolute Gasteiger partial charge is 0.496 e. The first-order valence-electron chi connectivity index (χ1n) is 24.4. The van der Waals surface area contributed by atoms with Crippen LogP contribution < -0.4 is 33.4 Å². The van der Waals surface area contributed by atoms with Gasteiger partial charge in [0.2, 0.25) is 11.1 Å². The normalized spacial score (nSPS) is 12.6. The molecule has 0 aliphatic carbocycles. The van der Waals surface area contributed by atoms with Crippen LogP contribution in [0.1, 0.15) is 76.2 Å². The molecule has 1 amide bonds. The van der Waals surface area contributed by atoms with E-state index in [1.165, 1.54) is 71.0 Å². The predicted octanol–water partition coefficient (Wildman–Crippen LogP) is 13.7. The quantitative estimate of drug-likeness (QED) is 0.0598. The van der Waals surface area contributed by atoms with E-state index in [0.717, 1.165) is 33.3 Å². The molecule has 9 rings (SSSR count). The van der Waals surface area contributed by atoms with Gasteiger partial charge in [-0.15, -0.1) is 0 Å². The number of nitrogens with one attached hydrogen (secondary N) is 1. The number of rotatable bonds is 9. The predicted molar refractivity (Wildman–Crippen MR) is 333 cm³/mol. The Hall–Kier alpha value is -6.23. The number of halogens is 10. The molecule has 0 bridgehead atoms. The Morgan fingerprint density at radius 3 is 1.39 bits per heavy atom. The second kappa shape index (κ2) is 32.3. The molecule has 1 aliphatic rings. The monoisotopic (exact) mass is 1350 g/mol. The van der Waals surface area contributed by atoms with Crippen molar-refractivity contribution in [2.24, 2.45) is 14.1 Å². The van der Waals surface area contributed by atoms with E-state index in [1.807, 2.05) is 45.9 Å². The van der Waals surface area contributed by atoms with Crippen LogP contribution >= 0.6 is 89.7 Å². The van der Waals surface area contributed by atoms with Crippen LogP contribution in [0.2, 0.25) is 15.1 Å². The molecule has 1 fully saturated rings. The van der Waals surface area contributed by atoms with Crippen LogP contribution in [0, 0.1) is 17.5 Å². The molecule has 8 aromatic rings. The smallest absolute Gasteiger partial charge is 0.478 e. The fourth-order valence-corrected chi connectivity index (χ4v) is 7.67. The minimum atomic E-state index is -3.22. The number of nitrogens with two attached hydrogens (primary N) is 2. The van der Waals surface area contributed by atoms with Gasteiger partial charge in [-0.2, -0.15) is 0 Å². The highest BCUT2D eigenvalue weighted by atomic mass is 79.9. The highest BCUT2D eigenvalue weighted by molar-refractivity contribution is 9.08. The molecule has 28 heteroatoms. The van der Waals surface area contributed by atoms with Crippen molar-refractivity contribution in [3.05, 3.63) is 238 Å². The standard InChI is InChI=1S/C19H15ClFN3O2.C12H10ClFN2.C11H17BN2O2.C7H5BrClF.C7H7NO3.Cl3OP/c1-24-11-14(4-7-18(24)25)19(26)23-17-6-3-13(10-22-17)8-12-2-5-16(21)15(20)9-12;13-10-6-8(1-3-11(10)14)5-9-2-4-12(15)16-7-9;1-10(2)11(3,4)16-12(15-10)8-5-6-9(13)14-7-8;8-4-5-1-2-7(10)6(9)3-5;1-8-4-5(7(10)11)2-3-6(8)9;1-5(2,3)4/h2-7,9-11H,8H2,1H3,(H,22,23,26);1-4,6-7H,5H2,(H2,15,16);5-7H,1-4H3,(H2,13,14);1-3H,4H2;2-4H,1H3,(H,10,11);. The average molecular weight is 1360 g/mol. The lowest BCUT2D eigenvalue weighted by Crippen LogP contribution is -2.41. The molecule has 0 atom stereocenters. The fraction of sp³-hybridized carbons (Fsp3) is 0.196. The lowest BCUT2D eigenvalue weighted by molar-refractivity contribution is 0.00578. The second-order valence-electron chi connectivity index (χ2n) is 18.9. The Bertz CT molecular complexity index is 3680. The molecule has 1 aliphatic heterocycles. The van der Waals surface area contributed by atoms with Crippen LogP contribution in [0.15, 0.2) is 156 Å². The van der Waals surface area contributed by atoms with E-state index in [-0.39, 0.29) is 61.8 Å². The Morgan fingerprint density at radius 1 is 0.619 bits per heavy atom. The van der Waals surface area contributed by atoms with Gasteiger partial charge in [0.15, 0.2) is 0 Å². The summed E-state index contributed by atoms with van der Waals surface area (Å²) in [7, 11) is 2.72. The summed E-state index contributed by atoms with van der Waals surface area (Å²) in [6.45, 7) is 8.10. The van der Waals surface area contributed by atoms with Gasteiger partial charge in [-0.3, -0.25) is 18.9 Å². The number of alkyl halides is 1. The van der Waals surface area contributed by atoms with Crippen molar-refractivity contribution in [3.63, 3.8) is 0 Å². The van der Waals surface area contributed by atoms with Crippen LogP contribution in [0.4, 0.5) is 30.6 Å². The zero-order chi connectivity index (χ0) is 62.7. The molecule has 5 aromatic heterocycles. The number of nitrogen functional groups attached to an aromatic ring is 2. The van der Waals surface area contributed by atoms with E-state index < -0.39 is 22.8 Å². The first kappa shape index (κ1) is 70.3. The minimum absolute atomic E-state index is 0.0802. The summed E-state index contributed by atoms with van der Waals surface area (Å²) in [5.74, 6) is -1.23. The molecule has 0 saturated carbocycles. The molecule has 16 nitrogen and oxygen atoms in total. The van der Waals surface area contributed by atoms with Crippen molar-refractivity contribution in [2.45, 2.75) is 57.1 Å². The van der Waals surface area contributed by atoms with Gasteiger partial charge in [0.25, 0.3) is 5.91 Å². The number of carboxylic acid groups (broad SMARTS) is 1. The maximum absolute atomic E-state index is 13.2. The first-order chi connectivity index (χ1) is 39.2. The van der Waals surface area contributed by atoms with Gasteiger partial charge >= 0.3 is 18.3 Å². The summed E-state index contributed by atoms with van der Waals surface area (Å²) >= 11 is 34.1. The number of carbonyl (C=O) groups is 2. The van der Waals surface area contributed by atoms with Crippen molar-refractivity contribution in [1.29, 1.82) is 0 Å². The number of aryl methyl sites for hydroxylation is 2. The summed E-state index contributed by atoms with van der Waals surface area (Å²) < 4.78 is 62.5. The first-order valence-corrected chi connectivity index (χ1v) is 31.1. The van der Waals surface area contributed by atoms with Gasteiger partial charge in [0.1, 0.15) is 34.9 Å². The van der Waals surface area contributed by atoms with E-state index in [0.29, 0.717) is 41.2 Å². The average Bonchev–Trinajstić information content (AvgIpc) is 2.39. The van der Waals surface area contributed by atoms with E-state index >= 15 is 0 Å². The van der Waals surface area contributed by atoms with Crippen LogP contribution in [-0.2, 0) is 46.1 Å². The molecule has 3 aromatic carbocycles. The molecule has 444 valence electrons. The van der Waals surface area contributed by atoms with Crippen molar-refractivity contribution in [3.8, 4) is 0 Å². The number of pyridine rings is 5. The summed E-state index contributed by atoms with van der Waals surface area (Å²) in [5, 5.41) is 9.04. The van der Waals surface area contributed by atoms with Crippen LogP contribution in [0.3, 0.4) is 0 Å². The van der Waals surface area contributed by atoms with Crippen molar-refractivity contribution >= 4 is 132 Å². The summed E-state index contributed by atoms with van der Waals surface area (Å²) in [6.07, 6.45) is 8.97. The third-order valence-electron chi connectivity index (χ3n) is 11.9. The number of benzene rings is 3. The van der Waals surface area contributed by atoms with E-state index in [9.17, 15) is 36.9 Å². The molecule has 1 saturated heterocycles. The Morgan fingerprint density at radius 2 is 1.01 bits per heavy atom. The van der Waals surface area contributed by atoms with Gasteiger partial charge in [-0.1, -0.05) is 87.1 Å². The maximum Gasteiger partial charge on any atom is 0.496 e. The summed E-state index contributed by atoms with van der Waals surface area (Å²) in [6, 6.07) is 30.0. The van der Waals surface area contributed by atoms with Crippen LogP contribution in [0.5, 0.6) is 0 Å². The second-order valence-corrected chi connectivity index (χ2v) is 27.3. The molecule has 0 spiro atoms. The maximum atomic E-state index is 13.2. The summed E-state index contributed by atoms with van der Waals surface area (Å²) in [5.41, 5.74) is 16.0. The molecule has 6 heterocycles. The van der Waals surface area contributed by atoms with Gasteiger partial charge in [-0.05, 0) is 169 Å². The minimum Gasteiger partial charge on any atom is -0.478 e. The zero-order valence-corrected chi connectivity index (χ0v) is 52.5. The summed E-state index contributed by atoms with van der Waals surface area (Å²) in [4.78, 5) is 56.9. The highest BCUT2D eigenvalue weighted by Crippen LogP contribution is 2.61. The SMILES string of the molecule is CC1(C)OB(c2ccc(N)nc2)OC1(C)C.Cn1cc(C(=O)Nc2ccc(Cc3ccc(F)c(Cl)c3)cn2)ccc1=O.Cn1cc(C(=O)O)ccc1=O.Fc1ccc(CBr)cc1Cl.Nc1ccc(Cc2ccc(F)c(Cl)c2)cn1.O=P(Cl)(Cl)Cl. The van der Waals surface area contributed by atoms with Crippen molar-refractivity contribution in [1.82, 2.24) is 24.1 Å². The Balaban J connectivity index is 0.000000230.